The normalized spacial score (nSPS) is 12.1. The quantitative estimate of drug-likeness (QED) is 0.457. The largest absolute Gasteiger partial charge is 0.337 e. The predicted octanol–water partition coefficient (Wildman–Crippen LogP) is 5.37. The molecule has 2 aromatic heterocycles. The third-order valence-electron chi connectivity index (χ3n) is 3.97. The summed E-state index contributed by atoms with van der Waals surface area (Å²) < 4.78 is 5.35. The predicted molar refractivity (Wildman–Crippen MR) is 110 cm³/mol. The summed E-state index contributed by atoms with van der Waals surface area (Å²) in [6, 6.07) is 11.4. The van der Waals surface area contributed by atoms with Crippen LogP contribution in [0.3, 0.4) is 0 Å². The van der Waals surface area contributed by atoms with Crippen molar-refractivity contribution in [1.29, 1.82) is 0 Å². The van der Waals surface area contributed by atoms with Crippen LogP contribution >= 0.6 is 34.7 Å². The van der Waals surface area contributed by atoms with Crippen molar-refractivity contribution in [1.82, 2.24) is 15.0 Å². The third-order valence-corrected chi connectivity index (χ3v) is 6.45. The van der Waals surface area contributed by atoms with E-state index in [1.807, 2.05) is 55.6 Å². The second-order valence-corrected chi connectivity index (χ2v) is 8.47. The van der Waals surface area contributed by atoms with Crippen LogP contribution < -0.4 is 0 Å². The van der Waals surface area contributed by atoms with Crippen LogP contribution in [0.1, 0.15) is 26.2 Å². The Morgan fingerprint density at radius 2 is 2.07 bits per heavy atom. The van der Waals surface area contributed by atoms with Crippen molar-refractivity contribution in [3.05, 3.63) is 52.7 Å². The Balaban J connectivity index is 1.67. The lowest BCUT2D eigenvalue weighted by atomic mass is 10.3. The summed E-state index contributed by atoms with van der Waals surface area (Å²) >= 11 is 9.04. The van der Waals surface area contributed by atoms with E-state index in [-0.39, 0.29) is 11.2 Å². The van der Waals surface area contributed by atoms with Crippen LogP contribution in [0.4, 0.5) is 0 Å². The van der Waals surface area contributed by atoms with Gasteiger partial charge < -0.3 is 9.42 Å². The van der Waals surface area contributed by atoms with Gasteiger partial charge in [-0.1, -0.05) is 29.7 Å². The molecule has 8 heteroatoms. The standard InChI is InChI=1S/C19H20ClN3O2S2/c1-3-15(27-14-9-7-13(20)8-10-14)19(24)23(4-2)12-17-21-18(22-25-17)16-6-5-11-26-16/h5-11,15H,3-4,12H2,1-2H3/t15-/m1/s1. The van der Waals surface area contributed by atoms with Crippen molar-refractivity contribution in [2.75, 3.05) is 6.54 Å². The van der Waals surface area contributed by atoms with E-state index in [1.54, 1.807) is 28.0 Å². The van der Waals surface area contributed by atoms with Gasteiger partial charge in [0.25, 0.3) is 0 Å². The highest BCUT2D eigenvalue weighted by molar-refractivity contribution is 8.00. The van der Waals surface area contributed by atoms with Crippen LogP contribution in [-0.2, 0) is 11.3 Å². The number of amides is 1. The number of thiophene rings is 1. The van der Waals surface area contributed by atoms with Crippen LogP contribution in [0.15, 0.2) is 51.2 Å². The average Bonchev–Trinajstić information content (AvgIpc) is 3.36. The zero-order chi connectivity index (χ0) is 19.2. The Morgan fingerprint density at radius 1 is 1.30 bits per heavy atom. The first-order chi connectivity index (χ1) is 13.1. The molecular weight excluding hydrogens is 402 g/mol. The summed E-state index contributed by atoms with van der Waals surface area (Å²) in [4.78, 5) is 21.1. The van der Waals surface area contributed by atoms with Crippen molar-refractivity contribution in [2.45, 2.75) is 37.0 Å². The maximum atomic E-state index is 13.0. The fourth-order valence-electron chi connectivity index (χ4n) is 2.52. The van der Waals surface area contributed by atoms with E-state index in [4.69, 9.17) is 16.1 Å². The molecule has 142 valence electrons. The minimum absolute atomic E-state index is 0.0656. The molecule has 27 heavy (non-hydrogen) atoms. The van der Waals surface area contributed by atoms with E-state index in [0.717, 1.165) is 16.2 Å². The number of thioether (sulfide) groups is 1. The van der Waals surface area contributed by atoms with Gasteiger partial charge in [-0.25, -0.2) is 0 Å². The first kappa shape index (κ1) is 19.9. The average molecular weight is 422 g/mol. The molecule has 0 radical (unpaired) electrons. The summed E-state index contributed by atoms with van der Waals surface area (Å²) in [7, 11) is 0. The second kappa shape index (κ2) is 9.39. The van der Waals surface area contributed by atoms with E-state index < -0.39 is 0 Å². The number of rotatable bonds is 8. The van der Waals surface area contributed by atoms with Gasteiger partial charge in [-0.15, -0.1) is 23.1 Å². The number of carbonyl (C=O) groups excluding carboxylic acids is 1. The Bertz CT molecular complexity index is 865. The Kier molecular flexibility index (Phi) is 6.93. The highest BCUT2D eigenvalue weighted by Crippen LogP contribution is 2.28. The molecule has 0 fully saturated rings. The molecule has 1 atom stereocenters. The van der Waals surface area contributed by atoms with Gasteiger partial charge in [0.15, 0.2) is 0 Å². The molecular formula is C19H20ClN3O2S2. The Hall–Kier alpha value is -1.83. The monoisotopic (exact) mass is 421 g/mol. The van der Waals surface area contributed by atoms with Crippen LogP contribution in [0, 0.1) is 0 Å². The topological polar surface area (TPSA) is 59.2 Å². The van der Waals surface area contributed by atoms with Crippen molar-refractivity contribution >= 4 is 40.6 Å². The number of aromatic nitrogens is 2. The van der Waals surface area contributed by atoms with Crippen LogP contribution in [0.5, 0.6) is 0 Å². The minimum Gasteiger partial charge on any atom is -0.337 e. The summed E-state index contributed by atoms with van der Waals surface area (Å²) in [5.74, 6) is 1.07. The second-order valence-electron chi connectivity index (χ2n) is 5.81. The van der Waals surface area contributed by atoms with Crippen LogP contribution in [0.2, 0.25) is 5.02 Å². The van der Waals surface area contributed by atoms with E-state index in [2.05, 4.69) is 10.1 Å². The van der Waals surface area contributed by atoms with Gasteiger partial charge in [-0.05, 0) is 49.1 Å². The van der Waals surface area contributed by atoms with Crippen molar-refractivity contribution in [2.24, 2.45) is 0 Å². The summed E-state index contributed by atoms with van der Waals surface area (Å²) in [6.45, 7) is 4.85. The van der Waals surface area contributed by atoms with Gasteiger partial charge in [-0.3, -0.25) is 4.79 Å². The number of benzene rings is 1. The maximum absolute atomic E-state index is 13.0. The molecule has 0 saturated carbocycles. The summed E-state index contributed by atoms with van der Waals surface area (Å²) in [5.41, 5.74) is 0. The van der Waals surface area contributed by atoms with E-state index in [9.17, 15) is 4.79 Å². The molecule has 0 aliphatic heterocycles. The highest BCUT2D eigenvalue weighted by Gasteiger charge is 2.25. The van der Waals surface area contributed by atoms with E-state index in [1.165, 1.54) is 0 Å². The zero-order valence-electron chi connectivity index (χ0n) is 15.1. The number of nitrogens with zero attached hydrogens (tertiary/aromatic N) is 3. The number of halogens is 1. The highest BCUT2D eigenvalue weighted by atomic mass is 35.5. The number of hydrogen-bond acceptors (Lipinski definition) is 6. The molecule has 0 spiro atoms. The molecule has 0 unspecified atom stereocenters. The van der Waals surface area contributed by atoms with Crippen molar-refractivity contribution in [3.63, 3.8) is 0 Å². The minimum atomic E-state index is -0.175. The van der Waals surface area contributed by atoms with Gasteiger partial charge in [0.05, 0.1) is 10.1 Å². The summed E-state index contributed by atoms with van der Waals surface area (Å²) in [5, 5.41) is 6.49. The molecule has 0 N–H and O–H groups in total. The summed E-state index contributed by atoms with van der Waals surface area (Å²) in [6.07, 6.45) is 0.729. The molecule has 2 heterocycles. The molecule has 0 saturated heterocycles. The fourth-order valence-corrected chi connectivity index (χ4v) is 4.34. The molecule has 0 aliphatic rings. The van der Waals surface area contributed by atoms with E-state index >= 15 is 0 Å². The van der Waals surface area contributed by atoms with Crippen LogP contribution in [-0.4, -0.2) is 32.7 Å². The van der Waals surface area contributed by atoms with Gasteiger partial charge in [0.1, 0.15) is 6.54 Å². The van der Waals surface area contributed by atoms with Gasteiger partial charge in [0, 0.05) is 16.5 Å². The molecule has 1 amide bonds. The first-order valence-electron chi connectivity index (χ1n) is 8.68. The smallest absolute Gasteiger partial charge is 0.246 e. The number of carbonyl (C=O) groups is 1. The fraction of sp³-hybridized carbons (Fsp3) is 0.316. The lowest BCUT2D eigenvalue weighted by molar-refractivity contribution is -0.131. The molecule has 1 aromatic carbocycles. The Labute approximate surface area is 171 Å². The van der Waals surface area contributed by atoms with Gasteiger partial charge >= 0.3 is 0 Å². The SMILES string of the molecule is CC[C@@H](Sc1ccc(Cl)cc1)C(=O)N(CC)Cc1nc(-c2cccs2)no1. The molecule has 5 nitrogen and oxygen atoms in total. The van der Waals surface area contributed by atoms with Crippen molar-refractivity contribution in [3.8, 4) is 10.7 Å². The lowest BCUT2D eigenvalue weighted by Gasteiger charge is -2.24. The molecule has 3 rings (SSSR count). The van der Waals surface area contributed by atoms with Gasteiger partial charge in [0.2, 0.25) is 17.6 Å². The molecule has 3 aromatic rings. The molecule has 0 aliphatic carbocycles. The third kappa shape index (κ3) is 5.12. The van der Waals surface area contributed by atoms with E-state index in [0.29, 0.717) is 29.8 Å². The lowest BCUT2D eigenvalue weighted by Crippen LogP contribution is -2.37. The first-order valence-corrected chi connectivity index (χ1v) is 10.8. The Morgan fingerprint density at radius 3 is 2.70 bits per heavy atom. The maximum Gasteiger partial charge on any atom is 0.246 e. The molecule has 0 bridgehead atoms. The zero-order valence-corrected chi connectivity index (χ0v) is 17.5. The van der Waals surface area contributed by atoms with Crippen LogP contribution in [0.25, 0.3) is 10.7 Å². The van der Waals surface area contributed by atoms with Gasteiger partial charge in [-0.2, -0.15) is 4.98 Å². The van der Waals surface area contributed by atoms with Crippen molar-refractivity contribution < 1.29 is 9.32 Å². The number of hydrogen-bond donors (Lipinski definition) is 0.